The quantitative estimate of drug-likeness (QED) is 0.624. The summed E-state index contributed by atoms with van der Waals surface area (Å²) in [5.74, 6) is 0.784. The molecule has 0 amide bonds. The molecule has 1 fully saturated rings. The maximum Gasteiger partial charge on any atom is 0.0806 e. The van der Waals surface area contributed by atoms with Gasteiger partial charge in [-0.25, -0.2) is 0 Å². The van der Waals surface area contributed by atoms with E-state index >= 15 is 0 Å². The van der Waals surface area contributed by atoms with E-state index in [1.54, 1.807) is 0 Å². The number of hydrogen-bond acceptors (Lipinski definition) is 2. The molecule has 0 saturated heterocycles. The van der Waals surface area contributed by atoms with Crippen molar-refractivity contribution in [2.45, 2.75) is 83.7 Å². The van der Waals surface area contributed by atoms with E-state index < -0.39 is 0 Å². The third kappa shape index (κ3) is 5.71. The highest BCUT2D eigenvalue weighted by Crippen LogP contribution is 2.34. The van der Waals surface area contributed by atoms with Crippen molar-refractivity contribution in [1.82, 2.24) is 0 Å². The molecule has 2 nitrogen and oxygen atoms in total. The van der Waals surface area contributed by atoms with Crippen molar-refractivity contribution >= 4 is 0 Å². The molecule has 1 aliphatic rings. The van der Waals surface area contributed by atoms with Gasteiger partial charge >= 0.3 is 0 Å². The second kappa shape index (κ2) is 8.92. The number of nitrogens with two attached hydrogens (primary N) is 1. The first-order valence-corrected chi connectivity index (χ1v) is 8.06. The lowest BCUT2D eigenvalue weighted by Crippen LogP contribution is -2.44. The first-order chi connectivity index (χ1) is 8.72. The summed E-state index contributed by atoms with van der Waals surface area (Å²) in [6, 6.07) is 0. The van der Waals surface area contributed by atoms with Gasteiger partial charge in [-0.2, -0.15) is 0 Å². The number of unbranched alkanes of at least 4 members (excludes halogenated alkanes) is 5. The largest absolute Gasteiger partial charge is 0.374 e. The third-order valence-corrected chi connectivity index (χ3v) is 4.33. The normalized spacial score (nSPS) is 28.5. The zero-order valence-corrected chi connectivity index (χ0v) is 12.5. The molecule has 1 aliphatic carbocycles. The first kappa shape index (κ1) is 16.0. The minimum Gasteiger partial charge on any atom is -0.374 e. The minimum atomic E-state index is 0.0150. The van der Waals surface area contributed by atoms with Gasteiger partial charge in [-0.05, 0) is 25.2 Å². The van der Waals surface area contributed by atoms with Crippen LogP contribution in [0.4, 0.5) is 0 Å². The third-order valence-electron chi connectivity index (χ3n) is 4.33. The van der Waals surface area contributed by atoms with Crippen molar-refractivity contribution < 1.29 is 4.74 Å². The van der Waals surface area contributed by atoms with Crippen molar-refractivity contribution in [2.75, 3.05) is 13.2 Å². The van der Waals surface area contributed by atoms with Gasteiger partial charge in [-0.3, -0.25) is 0 Å². The molecule has 0 aliphatic heterocycles. The summed E-state index contributed by atoms with van der Waals surface area (Å²) in [5.41, 5.74) is 5.97. The van der Waals surface area contributed by atoms with E-state index in [0.717, 1.165) is 12.5 Å². The SMILES string of the molecule is CCCCCCCCOC1(CN)CCCC(C)C1. The van der Waals surface area contributed by atoms with Crippen LogP contribution >= 0.6 is 0 Å². The van der Waals surface area contributed by atoms with Crippen LogP contribution in [0.3, 0.4) is 0 Å². The molecule has 2 unspecified atom stereocenters. The topological polar surface area (TPSA) is 35.2 Å². The number of rotatable bonds is 9. The Kier molecular flexibility index (Phi) is 7.92. The van der Waals surface area contributed by atoms with Gasteiger partial charge in [0.25, 0.3) is 0 Å². The molecule has 1 rings (SSSR count). The molecule has 2 atom stereocenters. The first-order valence-electron chi connectivity index (χ1n) is 8.06. The fourth-order valence-electron chi connectivity index (χ4n) is 3.16. The van der Waals surface area contributed by atoms with Crippen LogP contribution in [0.1, 0.15) is 78.1 Å². The van der Waals surface area contributed by atoms with E-state index in [-0.39, 0.29) is 5.60 Å². The average molecular weight is 255 g/mol. The van der Waals surface area contributed by atoms with E-state index in [1.165, 1.54) is 64.2 Å². The highest BCUT2D eigenvalue weighted by Gasteiger charge is 2.34. The van der Waals surface area contributed by atoms with Crippen LogP contribution in [-0.4, -0.2) is 18.8 Å². The second-order valence-corrected chi connectivity index (χ2v) is 6.20. The summed E-state index contributed by atoms with van der Waals surface area (Å²) in [7, 11) is 0. The summed E-state index contributed by atoms with van der Waals surface area (Å²) < 4.78 is 6.17. The molecule has 1 saturated carbocycles. The Balaban J connectivity index is 2.11. The standard InChI is InChI=1S/C16H33NO/c1-3-4-5-6-7-8-12-18-16(14-17)11-9-10-15(2)13-16/h15H,3-14,17H2,1-2H3. The molecule has 18 heavy (non-hydrogen) atoms. The van der Waals surface area contributed by atoms with Crippen molar-refractivity contribution in [1.29, 1.82) is 0 Å². The predicted molar refractivity (Wildman–Crippen MR) is 78.7 cm³/mol. The predicted octanol–water partition coefficient (Wildman–Crippen LogP) is 4.27. The molecule has 2 heteroatoms. The van der Waals surface area contributed by atoms with E-state index in [2.05, 4.69) is 13.8 Å². The van der Waals surface area contributed by atoms with Crippen molar-refractivity contribution in [2.24, 2.45) is 11.7 Å². The van der Waals surface area contributed by atoms with E-state index in [4.69, 9.17) is 10.5 Å². The van der Waals surface area contributed by atoms with Gasteiger partial charge in [0.1, 0.15) is 0 Å². The molecule has 2 N–H and O–H groups in total. The summed E-state index contributed by atoms with van der Waals surface area (Å²) in [5, 5.41) is 0. The lowest BCUT2D eigenvalue weighted by Gasteiger charge is -2.39. The van der Waals surface area contributed by atoms with Crippen molar-refractivity contribution in [3.63, 3.8) is 0 Å². The fourth-order valence-corrected chi connectivity index (χ4v) is 3.16. The molecule has 108 valence electrons. The Morgan fingerprint density at radius 2 is 1.89 bits per heavy atom. The lowest BCUT2D eigenvalue weighted by molar-refractivity contribution is -0.0753. The van der Waals surface area contributed by atoms with Crippen molar-refractivity contribution in [3.8, 4) is 0 Å². The lowest BCUT2D eigenvalue weighted by atomic mass is 9.79. The molecule has 0 aromatic carbocycles. The van der Waals surface area contributed by atoms with E-state index in [0.29, 0.717) is 6.54 Å². The zero-order valence-electron chi connectivity index (χ0n) is 12.5. The van der Waals surface area contributed by atoms with Crippen LogP contribution in [0.25, 0.3) is 0 Å². The summed E-state index contributed by atoms with van der Waals surface area (Å²) in [4.78, 5) is 0. The molecular formula is C16H33NO. The molecule has 0 radical (unpaired) electrons. The van der Waals surface area contributed by atoms with Gasteiger partial charge < -0.3 is 10.5 Å². The molecule has 0 aromatic heterocycles. The van der Waals surface area contributed by atoms with Gasteiger partial charge in [0.15, 0.2) is 0 Å². The maximum absolute atomic E-state index is 6.17. The monoisotopic (exact) mass is 255 g/mol. The van der Waals surface area contributed by atoms with Crippen LogP contribution in [-0.2, 0) is 4.74 Å². The van der Waals surface area contributed by atoms with Crippen LogP contribution in [0, 0.1) is 5.92 Å². The van der Waals surface area contributed by atoms with E-state index in [1.807, 2.05) is 0 Å². The van der Waals surface area contributed by atoms with Crippen LogP contribution in [0.15, 0.2) is 0 Å². The van der Waals surface area contributed by atoms with Gasteiger partial charge in [0, 0.05) is 13.2 Å². The van der Waals surface area contributed by atoms with E-state index in [9.17, 15) is 0 Å². The average Bonchev–Trinajstić information content (AvgIpc) is 2.38. The molecule has 0 heterocycles. The Bertz CT molecular complexity index is 207. The van der Waals surface area contributed by atoms with Crippen LogP contribution in [0.5, 0.6) is 0 Å². The Hall–Kier alpha value is -0.0800. The van der Waals surface area contributed by atoms with Gasteiger partial charge in [0.05, 0.1) is 5.60 Å². The minimum absolute atomic E-state index is 0.0150. The fraction of sp³-hybridized carbons (Fsp3) is 1.00. The molecule has 0 bridgehead atoms. The van der Waals surface area contributed by atoms with Gasteiger partial charge in [0.2, 0.25) is 0 Å². The maximum atomic E-state index is 6.17. The van der Waals surface area contributed by atoms with Gasteiger partial charge in [-0.15, -0.1) is 0 Å². The summed E-state index contributed by atoms with van der Waals surface area (Å²) in [6.45, 7) is 6.21. The van der Waals surface area contributed by atoms with Crippen LogP contribution in [0.2, 0.25) is 0 Å². The highest BCUT2D eigenvalue weighted by atomic mass is 16.5. The second-order valence-electron chi connectivity index (χ2n) is 6.20. The Labute approximate surface area is 114 Å². The molecule has 0 aromatic rings. The number of hydrogen-bond donors (Lipinski definition) is 1. The van der Waals surface area contributed by atoms with Gasteiger partial charge in [-0.1, -0.05) is 58.8 Å². The zero-order chi connectivity index (χ0) is 13.3. The highest BCUT2D eigenvalue weighted by molar-refractivity contribution is 4.87. The number of ether oxygens (including phenoxy) is 1. The molecule has 0 spiro atoms. The Morgan fingerprint density at radius 1 is 1.17 bits per heavy atom. The summed E-state index contributed by atoms with van der Waals surface area (Å²) in [6.07, 6.45) is 12.9. The van der Waals surface area contributed by atoms with Crippen molar-refractivity contribution in [3.05, 3.63) is 0 Å². The Morgan fingerprint density at radius 3 is 2.56 bits per heavy atom. The van der Waals surface area contributed by atoms with Crippen LogP contribution < -0.4 is 5.73 Å². The molecular weight excluding hydrogens is 222 g/mol. The smallest absolute Gasteiger partial charge is 0.0806 e. The summed E-state index contributed by atoms with van der Waals surface area (Å²) >= 11 is 0.